The van der Waals surface area contributed by atoms with E-state index in [-0.39, 0.29) is 18.9 Å². The van der Waals surface area contributed by atoms with Crippen molar-refractivity contribution in [2.24, 2.45) is 0 Å². The van der Waals surface area contributed by atoms with Crippen molar-refractivity contribution in [3.63, 3.8) is 0 Å². The van der Waals surface area contributed by atoms with Gasteiger partial charge >= 0.3 is 0 Å². The first-order valence-electron chi connectivity index (χ1n) is 5.20. The first-order valence-corrected chi connectivity index (χ1v) is 5.57. The minimum absolute atomic E-state index is 0.00524. The van der Waals surface area contributed by atoms with E-state index in [1.54, 1.807) is 12.1 Å². The number of rotatable bonds is 6. The van der Waals surface area contributed by atoms with E-state index in [4.69, 9.17) is 17.3 Å². The molecule has 0 unspecified atom stereocenters. The standard InChI is InChI=1S/C11H13ClF2N2O2/c12-8-5-7(1-2-9(8)15)16-11(17)3-4-18-6-10(13)14/h1-2,5,10H,3-4,6,15H2,(H,16,17). The Balaban J connectivity index is 2.33. The molecule has 7 heteroatoms. The largest absolute Gasteiger partial charge is 0.398 e. The number of nitrogens with one attached hydrogen (secondary N) is 1. The second-order valence-corrected chi connectivity index (χ2v) is 3.91. The number of benzene rings is 1. The summed E-state index contributed by atoms with van der Waals surface area (Å²) in [6.45, 7) is -0.722. The monoisotopic (exact) mass is 278 g/mol. The van der Waals surface area contributed by atoms with Crippen molar-refractivity contribution in [3.8, 4) is 0 Å². The van der Waals surface area contributed by atoms with Crippen LogP contribution in [0.3, 0.4) is 0 Å². The number of alkyl halides is 2. The highest BCUT2D eigenvalue weighted by molar-refractivity contribution is 6.33. The maximum Gasteiger partial charge on any atom is 0.261 e. The number of halogens is 3. The molecule has 0 saturated heterocycles. The van der Waals surface area contributed by atoms with Crippen LogP contribution in [0.2, 0.25) is 5.02 Å². The molecule has 0 heterocycles. The number of nitrogens with two attached hydrogens (primary N) is 1. The molecule has 0 aliphatic heterocycles. The molecule has 0 bridgehead atoms. The van der Waals surface area contributed by atoms with Crippen molar-refractivity contribution in [2.45, 2.75) is 12.8 Å². The minimum Gasteiger partial charge on any atom is -0.398 e. The zero-order chi connectivity index (χ0) is 13.5. The minimum atomic E-state index is -2.52. The molecule has 1 rings (SSSR count). The van der Waals surface area contributed by atoms with Gasteiger partial charge in [0.1, 0.15) is 6.61 Å². The van der Waals surface area contributed by atoms with Gasteiger partial charge in [0.25, 0.3) is 6.43 Å². The van der Waals surface area contributed by atoms with Crippen LogP contribution in [0.15, 0.2) is 18.2 Å². The van der Waals surface area contributed by atoms with Crippen molar-refractivity contribution in [1.82, 2.24) is 0 Å². The van der Waals surface area contributed by atoms with Crippen molar-refractivity contribution < 1.29 is 18.3 Å². The average molecular weight is 279 g/mol. The summed E-state index contributed by atoms with van der Waals surface area (Å²) in [6.07, 6.45) is -2.53. The van der Waals surface area contributed by atoms with E-state index in [0.717, 1.165) is 0 Å². The number of anilines is 2. The Bertz CT molecular complexity index is 416. The van der Waals surface area contributed by atoms with E-state index in [2.05, 4.69) is 10.1 Å². The summed E-state index contributed by atoms with van der Waals surface area (Å²) >= 11 is 5.77. The van der Waals surface area contributed by atoms with Gasteiger partial charge in [0.2, 0.25) is 5.91 Å². The molecule has 0 aliphatic rings. The summed E-state index contributed by atoms with van der Waals surface area (Å²) in [7, 11) is 0. The molecule has 1 aromatic rings. The Hall–Kier alpha value is -1.40. The number of carbonyl (C=O) groups excluding carboxylic acids is 1. The van der Waals surface area contributed by atoms with Gasteiger partial charge in [-0.3, -0.25) is 4.79 Å². The number of amides is 1. The molecule has 0 saturated carbocycles. The fourth-order valence-electron chi connectivity index (χ4n) is 1.17. The summed E-state index contributed by atoms with van der Waals surface area (Å²) in [5, 5.41) is 2.89. The normalized spacial score (nSPS) is 10.7. The Morgan fingerprint density at radius 3 is 2.83 bits per heavy atom. The predicted octanol–water partition coefficient (Wildman–Crippen LogP) is 2.53. The molecular formula is C11H13ClF2N2O2. The highest BCUT2D eigenvalue weighted by Gasteiger charge is 2.06. The maximum absolute atomic E-state index is 11.7. The van der Waals surface area contributed by atoms with Crippen LogP contribution in [0.25, 0.3) is 0 Å². The van der Waals surface area contributed by atoms with Gasteiger partial charge in [0, 0.05) is 5.69 Å². The molecule has 0 atom stereocenters. The second-order valence-electron chi connectivity index (χ2n) is 3.50. The summed E-state index contributed by atoms with van der Waals surface area (Å²) in [5.74, 6) is -0.342. The maximum atomic E-state index is 11.7. The van der Waals surface area contributed by atoms with Crippen molar-refractivity contribution >= 4 is 28.9 Å². The van der Waals surface area contributed by atoms with E-state index in [0.29, 0.717) is 16.4 Å². The summed E-state index contributed by atoms with van der Waals surface area (Å²) in [4.78, 5) is 11.4. The van der Waals surface area contributed by atoms with Crippen LogP contribution in [-0.2, 0) is 9.53 Å². The molecule has 0 aliphatic carbocycles. The predicted molar refractivity (Wildman–Crippen MR) is 65.9 cm³/mol. The Morgan fingerprint density at radius 2 is 2.22 bits per heavy atom. The van der Waals surface area contributed by atoms with Crippen LogP contribution < -0.4 is 11.1 Å². The van der Waals surface area contributed by atoms with Gasteiger partial charge in [-0.2, -0.15) is 0 Å². The molecule has 3 N–H and O–H groups in total. The zero-order valence-corrected chi connectivity index (χ0v) is 10.2. The van der Waals surface area contributed by atoms with Crippen LogP contribution in [0.1, 0.15) is 6.42 Å². The quantitative estimate of drug-likeness (QED) is 0.621. The number of hydrogen-bond donors (Lipinski definition) is 2. The molecule has 1 amide bonds. The fraction of sp³-hybridized carbons (Fsp3) is 0.364. The van der Waals surface area contributed by atoms with Crippen LogP contribution in [0.5, 0.6) is 0 Å². The molecule has 100 valence electrons. The first kappa shape index (κ1) is 14.7. The third-order valence-electron chi connectivity index (χ3n) is 2.00. The fourth-order valence-corrected chi connectivity index (χ4v) is 1.35. The lowest BCUT2D eigenvalue weighted by Gasteiger charge is -2.07. The van der Waals surface area contributed by atoms with E-state index in [1.807, 2.05) is 0 Å². The van der Waals surface area contributed by atoms with E-state index in [1.165, 1.54) is 6.07 Å². The van der Waals surface area contributed by atoms with Gasteiger partial charge in [0.15, 0.2) is 0 Å². The molecule has 0 fully saturated rings. The van der Waals surface area contributed by atoms with Crippen LogP contribution in [0, 0.1) is 0 Å². The van der Waals surface area contributed by atoms with Crippen molar-refractivity contribution in [3.05, 3.63) is 23.2 Å². The highest BCUT2D eigenvalue weighted by atomic mass is 35.5. The molecule has 0 aromatic heterocycles. The third kappa shape index (κ3) is 5.29. The lowest BCUT2D eigenvalue weighted by molar-refractivity contribution is -0.117. The van der Waals surface area contributed by atoms with E-state index in [9.17, 15) is 13.6 Å². The van der Waals surface area contributed by atoms with Crippen LogP contribution in [0.4, 0.5) is 20.2 Å². The molecule has 0 spiro atoms. The second kappa shape index (κ2) is 7.13. The molecule has 18 heavy (non-hydrogen) atoms. The lowest BCUT2D eigenvalue weighted by atomic mass is 10.2. The number of carbonyl (C=O) groups is 1. The average Bonchev–Trinajstić information content (AvgIpc) is 2.29. The number of hydrogen-bond acceptors (Lipinski definition) is 3. The third-order valence-corrected chi connectivity index (χ3v) is 2.33. The zero-order valence-electron chi connectivity index (χ0n) is 9.46. The lowest BCUT2D eigenvalue weighted by Crippen LogP contribution is -2.15. The number of ether oxygens (including phenoxy) is 1. The van der Waals surface area contributed by atoms with E-state index < -0.39 is 13.0 Å². The van der Waals surface area contributed by atoms with Gasteiger partial charge in [-0.25, -0.2) is 8.78 Å². The highest BCUT2D eigenvalue weighted by Crippen LogP contribution is 2.22. The summed E-state index contributed by atoms with van der Waals surface area (Å²) < 4.78 is 28.1. The van der Waals surface area contributed by atoms with Gasteiger partial charge < -0.3 is 15.8 Å². The van der Waals surface area contributed by atoms with Gasteiger partial charge in [0.05, 0.1) is 23.7 Å². The topological polar surface area (TPSA) is 64.3 Å². The van der Waals surface area contributed by atoms with Gasteiger partial charge in [-0.1, -0.05) is 11.6 Å². The number of nitrogen functional groups attached to an aromatic ring is 1. The Morgan fingerprint density at radius 1 is 1.50 bits per heavy atom. The van der Waals surface area contributed by atoms with Gasteiger partial charge in [-0.05, 0) is 18.2 Å². The summed E-state index contributed by atoms with van der Waals surface area (Å²) in [6, 6.07) is 4.67. The summed E-state index contributed by atoms with van der Waals surface area (Å²) in [5.41, 5.74) is 6.42. The molecule has 1 aromatic carbocycles. The smallest absolute Gasteiger partial charge is 0.261 e. The van der Waals surface area contributed by atoms with Crippen molar-refractivity contribution in [2.75, 3.05) is 24.3 Å². The Labute approximate surface area is 108 Å². The first-order chi connectivity index (χ1) is 8.49. The van der Waals surface area contributed by atoms with Crippen molar-refractivity contribution in [1.29, 1.82) is 0 Å². The Kier molecular flexibility index (Phi) is 5.80. The van der Waals surface area contributed by atoms with Crippen LogP contribution in [-0.4, -0.2) is 25.5 Å². The molecule has 4 nitrogen and oxygen atoms in total. The van der Waals surface area contributed by atoms with Crippen LogP contribution >= 0.6 is 11.6 Å². The molecular weight excluding hydrogens is 266 g/mol. The molecule has 0 radical (unpaired) electrons. The SMILES string of the molecule is Nc1ccc(NC(=O)CCOCC(F)F)cc1Cl. The van der Waals surface area contributed by atoms with Gasteiger partial charge in [-0.15, -0.1) is 0 Å². The van der Waals surface area contributed by atoms with E-state index >= 15 is 0 Å².